The minimum Gasteiger partial charge on any atom is -0.497 e. The number of ether oxygens (including phenoxy) is 2. The van der Waals surface area contributed by atoms with Gasteiger partial charge >= 0.3 is 65.9 Å². The van der Waals surface area contributed by atoms with Crippen LogP contribution in [-0.4, -0.2) is 95.4 Å². The number of esters is 1. The van der Waals surface area contributed by atoms with Crippen LogP contribution in [0.1, 0.15) is 27.6 Å². The highest BCUT2D eigenvalue weighted by Crippen LogP contribution is 2.31. The number of Topliss-reactive ketones (excluding diaryl/α,β-unsaturated/α-hetero) is 1. The van der Waals surface area contributed by atoms with E-state index in [-0.39, 0.29) is 11.3 Å². The highest BCUT2D eigenvalue weighted by atomic mass is 28.5. The van der Waals surface area contributed by atoms with Gasteiger partial charge in [0.15, 0.2) is 22.4 Å². The largest absolute Gasteiger partial charge is 0.497 e. The predicted molar refractivity (Wildman–Crippen MR) is 266 cm³/mol. The molecular formula is C40H72O12Si9. The molecule has 0 aliphatic heterocycles. The zero-order valence-electron chi connectivity index (χ0n) is 40.3. The number of methoxy groups -OCH3 is 1. The molecule has 0 spiro atoms. The molecule has 3 rings (SSSR count). The monoisotopic (exact) mass is 996 g/mol. The third-order valence-electron chi connectivity index (χ3n) is 8.56. The van der Waals surface area contributed by atoms with E-state index < -0.39 is 82.5 Å². The van der Waals surface area contributed by atoms with E-state index in [2.05, 4.69) is 85.1 Å². The van der Waals surface area contributed by atoms with Gasteiger partial charge in [0.2, 0.25) is 0 Å². The summed E-state index contributed by atoms with van der Waals surface area (Å²) in [5.41, 5.74) is 0.712. The van der Waals surface area contributed by atoms with E-state index in [0.717, 1.165) is 16.1 Å². The molecule has 61 heavy (non-hydrogen) atoms. The van der Waals surface area contributed by atoms with Gasteiger partial charge in [-0.05, 0) is 172 Å². The lowest BCUT2D eigenvalue weighted by atomic mass is 10.1. The molecule has 0 bridgehead atoms. The van der Waals surface area contributed by atoms with E-state index in [1.165, 1.54) is 13.0 Å². The Kier molecular flexibility index (Phi) is 17.4. The first-order chi connectivity index (χ1) is 27.5. The number of rotatable bonds is 22. The lowest BCUT2D eigenvalue weighted by molar-refractivity contribution is 0.0734. The molecule has 340 valence electrons. The van der Waals surface area contributed by atoms with Crippen LogP contribution in [0.4, 0.5) is 0 Å². The number of hydrogen-bond donors (Lipinski definition) is 0. The van der Waals surface area contributed by atoms with E-state index in [1.807, 2.05) is 69.1 Å². The van der Waals surface area contributed by atoms with Gasteiger partial charge in [0.25, 0.3) is 0 Å². The van der Waals surface area contributed by atoms with Crippen molar-refractivity contribution in [1.82, 2.24) is 0 Å². The van der Waals surface area contributed by atoms with Crippen LogP contribution in [0.3, 0.4) is 0 Å². The molecule has 0 aliphatic carbocycles. The summed E-state index contributed by atoms with van der Waals surface area (Å²) in [7, 11) is -23.3. The third kappa shape index (κ3) is 17.6. The van der Waals surface area contributed by atoms with Gasteiger partial charge in [-0.1, -0.05) is 36.4 Å². The molecule has 0 aromatic heterocycles. The van der Waals surface area contributed by atoms with Gasteiger partial charge in [-0.2, -0.15) is 0 Å². The Morgan fingerprint density at radius 3 is 1.08 bits per heavy atom. The van der Waals surface area contributed by atoms with Gasteiger partial charge in [0, 0.05) is 5.56 Å². The maximum Gasteiger partial charge on any atom is 0.351 e. The minimum atomic E-state index is -3.45. The van der Waals surface area contributed by atoms with Crippen LogP contribution in [0, 0.1) is 0 Å². The summed E-state index contributed by atoms with van der Waals surface area (Å²) < 4.78 is 67.4. The second-order valence-electron chi connectivity index (χ2n) is 19.7. The summed E-state index contributed by atoms with van der Waals surface area (Å²) >= 11 is 0. The first-order valence-electron chi connectivity index (χ1n) is 20.7. The van der Waals surface area contributed by atoms with Gasteiger partial charge < -0.3 is 42.4 Å². The smallest absolute Gasteiger partial charge is 0.351 e. The quantitative estimate of drug-likeness (QED) is 0.0412. The maximum atomic E-state index is 13.2. The van der Waals surface area contributed by atoms with Gasteiger partial charge in [0.1, 0.15) is 11.5 Å². The molecule has 2 unspecified atom stereocenters. The Morgan fingerprint density at radius 1 is 0.410 bits per heavy atom. The molecule has 0 amide bonds. The fraction of sp³-hybridized carbons (Fsp3) is 0.500. The average molecular weight is 998 g/mol. The molecule has 0 radical (unpaired) electrons. The van der Waals surface area contributed by atoms with E-state index in [9.17, 15) is 9.59 Å². The van der Waals surface area contributed by atoms with Crippen molar-refractivity contribution in [2.75, 3.05) is 7.11 Å². The number of carbonyl (C=O) groups is 2. The SMILES string of the molecule is COc1ccc([Si](C)(O[Si](C)(C)O[Si](C)(C)O[Si](C)(C)C)O[Si](C)(C)O[Si](C)(O[Si](C)(C)O[Si](C)(C)O[Si](C)(C)C)c2ccc(OC(=O)c3cccc(C(C)=O)c3)cc2)cc1. The molecule has 12 nitrogen and oxygen atoms in total. The summed E-state index contributed by atoms with van der Waals surface area (Å²) in [4.78, 5) is 25.1. The van der Waals surface area contributed by atoms with Crippen LogP contribution >= 0.6 is 0 Å². The van der Waals surface area contributed by atoms with E-state index in [1.54, 1.807) is 37.4 Å². The fourth-order valence-corrected chi connectivity index (χ4v) is 51.2. The minimum absolute atomic E-state index is 0.136. The van der Waals surface area contributed by atoms with Crippen molar-refractivity contribution in [2.45, 2.75) is 125 Å². The molecular weight excluding hydrogens is 925 g/mol. The molecule has 0 aliphatic rings. The molecule has 3 aromatic carbocycles. The summed E-state index contributed by atoms with van der Waals surface area (Å²) in [5, 5.41) is 1.71. The summed E-state index contributed by atoms with van der Waals surface area (Å²) in [6, 6.07) is 21.5. The lowest BCUT2D eigenvalue weighted by Crippen LogP contribution is -2.68. The molecule has 0 fully saturated rings. The Bertz CT molecular complexity index is 1970. The van der Waals surface area contributed by atoms with Gasteiger partial charge in [-0.3, -0.25) is 4.79 Å². The molecule has 0 saturated carbocycles. The van der Waals surface area contributed by atoms with Gasteiger partial charge in [-0.25, -0.2) is 4.79 Å². The fourth-order valence-electron chi connectivity index (χ4n) is 7.67. The average Bonchev–Trinajstić information content (AvgIpc) is 3.04. The highest BCUT2D eigenvalue weighted by molar-refractivity contribution is 6.98. The number of carbonyl (C=O) groups excluding carboxylic acids is 2. The van der Waals surface area contributed by atoms with Crippen LogP contribution in [0.25, 0.3) is 0 Å². The Labute approximate surface area is 375 Å². The zero-order valence-corrected chi connectivity index (χ0v) is 49.3. The first kappa shape index (κ1) is 53.6. The molecule has 0 N–H and O–H groups in total. The maximum absolute atomic E-state index is 13.2. The van der Waals surface area contributed by atoms with Crippen molar-refractivity contribution < 1.29 is 52.0 Å². The van der Waals surface area contributed by atoms with Crippen LogP contribution in [0.2, 0.25) is 118 Å². The predicted octanol–water partition coefficient (Wildman–Crippen LogP) is 9.69. The van der Waals surface area contributed by atoms with Crippen LogP contribution in [-0.2, 0) is 32.9 Å². The van der Waals surface area contributed by atoms with Crippen molar-refractivity contribution in [2.24, 2.45) is 0 Å². The number of hydrogen-bond acceptors (Lipinski definition) is 12. The Morgan fingerprint density at radius 2 is 0.738 bits per heavy atom. The molecule has 2 atom stereocenters. The number of benzene rings is 3. The van der Waals surface area contributed by atoms with Crippen molar-refractivity contribution in [3.8, 4) is 11.5 Å². The van der Waals surface area contributed by atoms with Crippen molar-refractivity contribution in [1.29, 1.82) is 0 Å². The Balaban J connectivity index is 2.09. The number of ketones is 1. The van der Waals surface area contributed by atoms with Crippen LogP contribution in [0.5, 0.6) is 11.5 Å². The summed E-state index contributed by atoms with van der Waals surface area (Å²) in [6.07, 6.45) is 0. The second-order valence-corrected chi connectivity index (χ2v) is 53.6. The normalized spacial score (nSPS) is 15.5. The zero-order chi connectivity index (χ0) is 46.7. The van der Waals surface area contributed by atoms with Crippen LogP contribution < -0.4 is 19.8 Å². The highest BCUT2D eigenvalue weighted by Gasteiger charge is 2.54. The second kappa shape index (κ2) is 19.8. The molecule has 3 aromatic rings. The van der Waals surface area contributed by atoms with Gasteiger partial charge in [0.05, 0.1) is 12.7 Å². The van der Waals surface area contributed by atoms with Crippen LogP contribution in [0.15, 0.2) is 72.8 Å². The van der Waals surface area contributed by atoms with E-state index in [4.69, 9.17) is 42.4 Å². The summed E-state index contributed by atoms with van der Waals surface area (Å²) in [5.74, 6) is 0.350. The van der Waals surface area contributed by atoms with Crippen molar-refractivity contribution >= 4 is 98.7 Å². The third-order valence-corrected chi connectivity index (χ3v) is 42.1. The lowest BCUT2D eigenvalue weighted by Gasteiger charge is -2.46. The molecule has 0 saturated heterocycles. The van der Waals surface area contributed by atoms with Gasteiger partial charge in [-0.15, -0.1) is 0 Å². The Hall–Kier alpha value is -1.77. The summed E-state index contributed by atoms with van der Waals surface area (Å²) in [6.45, 7) is 39.0. The molecule has 0 heterocycles. The molecule has 21 heteroatoms. The van der Waals surface area contributed by atoms with E-state index in [0.29, 0.717) is 11.3 Å². The van der Waals surface area contributed by atoms with Crippen molar-refractivity contribution in [3.63, 3.8) is 0 Å². The topological polar surface area (TPSA) is 126 Å². The van der Waals surface area contributed by atoms with Crippen molar-refractivity contribution in [3.05, 3.63) is 83.9 Å². The first-order valence-corrected chi connectivity index (χ1v) is 46.2. The van der Waals surface area contributed by atoms with E-state index >= 15 is 0 Å². The standard InChI is InChI=1S/C40H72O12Si9/c1-33(41)34-22-21-23-35(32-34)40(42)44-37-26-30-39(31-27-37)61(20,50-58(15,16)48-56(11,12)46-54(6,7)8)52-59(17,18)51-60(19,38-28-24-36(43-2)25-29-38)49-57(13,14)47-55(9,10)45-53(3,4)5/h21-32H,1-20H3.